The average Bonchev–Trinajstić information content (AvgIpc) is 2.72. The molecule has 0 fully saturated rings. The maximum absolute atomic E-state index is 13.7. The molecule has 0 atom stereocenters. The zero-order valence-corrected chi connectivity index (χ0v) is 20.1. The number of hydrogen-bond acceptors (Lipinski definition) is 2. The fourth-order valence-electron chi connectivity index (χ4n) is 2.66. The van der Waals surface area contributed by atoms with E-state index in [1.54, 1.807) is 0 Å². The Hall–Kier alpha value is -2.74. The topological polar surface area (TPSA) is 25.8 Å². The number of aromatic nitrogens is 2. The Kier molecular flexibility index (Phi) is 6.95. The van der Waals surface area contributed by atoms with E-state index in [4.69, 9.17) is 0 Å². The van der Waals surface area contributed by atoms with Gasteiger partial charge in [-0.15, -0.1) is 0 Å². The SMILES string of the molecule is F[P-](F)(F)(F)(F)F.Fc1ccnc(-c2cccc[c]2[Ir+][c]2ccccc2-c2cc(F)ccn2)c1. The van der Waals surface area contributed by atoms with Crippen LogP contribution >= 0.6 is 7.81 Å². The minimum atomic E-state index is -10.7. The van der Waals surface area contributed by atoms with Crippen molar-refractivity contribution in [2.75, 3.05) is 0 Å². The molecule has 182 valence electrons. The van der Waals surface area contributed by atoms with Crippen molar-refractivity contribution >= 4 is 16.0 Å². The summed E-state index contributed by atoms with van der Waals surface area (Å²) in [5.41, 5.74) is 3.10. The second-order valence-corrected chi connectivity index (χ2v) is 11.8. The molecule has 0 aliphatic rings. The first kappa shape index (κ1) is 25.9. The summed E-state index contributed by atoms with van der Waals surface area (Å²) in [6.07, 6.45) is 2.96. The van der Waals surface area contributed by atoms with Gasteiger partial charge in [-0.25, -0.2) is 0 Å². The summed E-state index contributed by atoms with van der Waals surface area (Å²) >= 11 is -0.776. The van der Waals surface area contributed by atoms with Gasteiger partial charge in [0.25, 0.3) is 0 Å². The predicted octanol–water partition coefficient (Wildman–Crippen LogP) is 7.50. The third kappa shape index (κ3) is 8.89. The second-order valence-electron chi connectivity index (χ2n) is 6.67. The van der Waals surface area contributed by atoms with Crippen molar-refractivity contribution in [2.45, 2.75) is 0 Å². The number of rotatable bonds is 4. The predicted molar refractivity (Wildman–Crippen MR) is 112 cm³/mol. The number of hydrogen-bond donors (Lipinski definition) is 0. The monoisotopic (exact) mass is 682 g/mol. The summed E-state index contributed by atoms with van der Waals surface area (Å²) in [6.45, 7) is 0. The van der Waals surface area contributed by atoms with Gasteiger partial charge < -0.3 is 0 Å². The molecule has 0 N–H and O–H groups in total. The number of pyridine rings is 2. The first-order chi connectivity index (χ1) is 15.7. The third-order valence-electron chi connectivity index (χ3n) is 3.88. The minimum absolute atomic E-state index is 0.306. The van der Waals surface area contributed by atoms with E-state index in [1.807, 2.05) is 36.4 Å². The molecule has 2 nitrogen and oxygen atoms in total. The van der Waals surface area contributed by atoms with Crippen LogP contribution in [0.15, 0.2) is 85.2 Å². The van der Waals surface area contributed by atoms with E-state index in [0.29, 0.717) is 11.4 Å². The Labute approximate surface area is 196 Å². The molecule has 0 amide bonds. The molecule has 0 saturated heterocycles. The Morgan fingerprint density at radius 2 is 0.912 bits per heavy atom. The summed E-state index contributed by atoms with van der Waals surface area (Å²) in [5.74, 6) is -0.613. The number of halogens is 8. The van der Waals surface area contributed by atoms with Crippen LogP contribution in [0.4, 0.5) is 34.0 Å². The van der Waals surface area contributed by atoms with E-state index < -0.39 is 25.5 Å². The van der Waals surface area contributed by atoms with E-state index in [2.05, 4.69) is 22.1 Å². The molecule has 4 aromatic rings. The third-order valence-corrected chi connectivity index (χ3v) is 7.26. The Morgan fingerprint density at radius 3 is 1.26 bits per heavy atom. The molecule has 0 aliphatic carbocycles. The van der Waals surface area contributed by atoms with Gasteiger partial charge in [0.05, 0.1) is 0 Å². The van der Waals surface area contributed by atoms with Crippen LogP contribution in [-0.2, 0) is 17.7 Å². The Morgan fingerprint density at radius 1 is 0.559 bits per heavy atom. The Balaban J connectivity index is 0.000000406. The molecule has 2 aromatic carbocycles. The molecule has 34 heavy (non-hydrogen) atoms. The molecule has 0 aliphatic heterocycles. The molecule has 0 radical (unpaired) electrons. The van der Waals surface area contributed by atoms with Crippen molar-refractivity contribution in [3.05, 3.63) is 96.8 Å². The second kappa shape index (κ2) is 9.13. The van der Waals surface area contributed by atoms with Gasteiger partial charge in [-0.2, -0.15) is 0 Å². The molecule has 4 rings (SSSR count). The first-order valence-corrected chi connectivity index (χ1v) is 13.7. The van der Waals surface area contributed by atoms with E-state index in [1.165, 1.54) is 36.7 Å². The summed E-state index contributed by atoms with van der Waals surface area (Å²) < 4.78 is 88.8. The van der Waals surface area contributed by atoms with E-state index in [9.17, 15) is 34.0 Å². The fourth-order valence-corrected chi connectivity index (χ4v) is 5.87. The van der Waals surface area contributed by atoms with Crippen LogP contribution in [0.5, 0.6) is 0 Å². The average molecular weight is 682 g/mol. The molecular weight excluding hydrogens is 667 g/mol. The van der Waals surface area contributed by atoms with Gasteiger partial charge in [0, 0.05) is 0 Å². The van der Waals surface area contributed by atoms with Crippen LogP contribution in [0.25, 0.3) is 22.5 Å². The summed E-state index contributed by atoms with van der Waals surface area (Å²) in [4.78, 5) is 8.64. The molecule has 0 bridgehead atoms. The van der Waals surface area contributed by atoms with Gasteiger partial charge in [0.1, 0.15) is 0 Å². The van der Waals surface area contributed by atoms with Crippen LogP contribution in [0.1, 0.15) is 0 Å². The van der Waals surface area contributed by atoms with Gasteiger partial charge in [-0.05, 0) is 0 Å². The maximum atomic E-state index is 13.7. The van der Waals surface area contributed by atoms with Crippen LogP contribution in [0, 0.1) is 11.6 Å². The van der Waals surface area contributed by atoms with Gasteiger partial charge in [-0.3, -0.25) is 0 Å². The van der Waals surface area contributed by atoms with Gasteiger partial charge in [0.15, 0.2) is 0 Å². The van der Waals surface area contributed by atoms with Crippen molar-refractivity contribution in [1.82, 2.24) is 9.97 Å². The van der Waals surface area contributed by atoms with Crippen molar-refractivity contribution in [1.29, 1.82) is 0 Å². The summed E-state index contributed by atoms with van der Waals surface area (Å²) in [5, 5.41) is 0. The van der Waals surface area contributed by atoms with Crippen LogP contribution in [-0.4, -0.2) is 9.97 Å². The Bertz CT molecular complexity index is 1220. The van der Waals surface area contributed by atoms with Crippen molar-refractivity contribution in [3.63, 3.8) is 0 Å². The molecule has 2 aromatic heterocycles. The molecule has 2 heterocycles. The summed E-state index contributed by atoms with van der Waals surface area (Å²) in [7, 11) is -10.7. The zero-order valence-electron chi connectivity index (χ0n) is 16.8. The van der Waals surface area contributed by atoms with Crippen molar-refractivity contribution < 1.29 is 51.7 Å². The van der Waals surface area contributed by atoms with Crippen LogP contribution in [0.2, 0.25) is 0 Å². The standard InChI is InChI=1S/2C11H7FN.F6P.Ir/c2*12-10-6-7-13-11(8-10)9-4-2-1-3-5-9;1-7(2,3,4,5)6;/h2*1-4,6-8H;;/q;;-1;+1. The van der Waals surface area contributed by atoms with E-state index in [-0.39, 0.29) is 11.6 Å². The molecule has 0 unspecified atom stereocenters. The van der Waals surface area contributed by atoms with Crippen LogP contribution < -0.4 is 8.15 Å². The van der Waals surface area contributed by atoms with Crippen LogP contribution in [0.3, 0.4) is 0 Å². The molecular formula is C22H14F8IrN2P. The van der Waals surface area contributed by atoms with Crippen molar-refractivity contribution in [2.24, 2.45) is 0 Å². The van der Waals surface area contributed by atoms with Gasteiger partial charge in [-0.1, -0.05) is 0 Å². The first-order valence-electron chi connectivity index (χ1n) is 9.24. The fraction of sp³-hybridized carbons (Fsp3) is 0. The number of benzene rings is 2. The molecule has 0 spiro atoms. The summed E-state index contributed by atoms with van der Waals surface area (Å²) in [6, 6.07) is 21.4. The van der Waals surface area contributed by atoms with E-state index in [0.717, 1.165) is 19.3 Å². The zero-order chi connectivity index (χ0) is 25.0. The van der Waals surface area contributed by atoms with E-state index >= 15 is 0 Å². The molecule has 0 saturated carbocycles. The number of nitrogens with zero attached hydrogens (tertiary/aromatic N) is 2. The van der Waals surface area contributed by atoms with Gasteiger partial charge >= 0.3 is 197 Å². The molecule has 12 heteroatoms. The quantitative estimate of drug-likeness (QED) is 0.165. The van der Waals surface area contributed by atoms with Crippen molar-refractivity contribution in [3.8, 4) is 22.5 Å². The van der Waals surface area contributed by atoms with Gasteiger partial charge in [0.2, 0.25) is 0 Å². The normalized spacial score (nSPS) is 13.4.